The van der Waals surface area contributed by atoms with Crippen LogP contribution in [-0.4, -0.2) is 46.0 Å². The molecule has 0 radical (unpaired) electrons. The molecule has 0 heterocycles. The van der Waals surface area contributed by atoms with Crippen LogP contribution in [0.15, 0.2) is 53.4 Å². The van der Waals surface area contributed by atoms with Gasteiger partial charge in [-0.15, -0.1) is 0 Å². The Hall–Kier alpha value is -2.54. The van der Waals surface area contributed by atoms with Crippen molar-refractivity contribution < 1.29 is 17.9 Å². The van der Waals surface area contributed by atoms with E-state index in [0.29, 0.717) is 11.4 Å². The number of methoxy groups -OCH3 is 1. The first-order chi connectivity index (χ1) is 13.8. The van der Waals surface area contributed by atoms with Crippen molar-refractivity contribution in [3.8, 4) is 5.75 Å². The predicted molar refractivity (Wildman–Crippen MR) is 114 cm³/mol. The number of rotatable bonds is 7. The molecule has 6 nitrogen and oxygen atoms in total. The van der Waals surface area contributed by atoms with E-state index in [9.17, 15) is 13.2 Å². The quantitative estimate of drug-likeness (QED) is 0.692. The highest BCUT2D eigenvalue weighted by Gasteiger charge is 2.30. The number of ether oxygens (including phenoxy) is 1. The first-order valence-corrected chi connectivity index (χ1v) is 11.3. The number of carbonyl (C=O) groups excluding carboxylic acids is 1. The van der Waals surface area contributed by atoms with Crippen molar-refractivity contribution in [3.05, 3.63) is 54.1 Å². The van der Waals surface area contributed by atoms with Crippen LogP contribution in [0.3, 0.4) is 0 Å². The largest absolute Gasteiger partial charge is 0.497 e. The van der Waals surface area contributed by atoms with Crippen molar-refractivity contribution in [2.45, 2.75) is 43.5 Å². The van der Waals surface area contributed by atoms with Gasteiger partial charge in [0, 0.05) is 13.1 Å². The Kier molecular flexibility index (Phi) is 6.47. The van der Waals surface area contributed by atoms with Crippen molar-refractivity contribution in [3.63, 3.8) is 0 Å². The van der Waals surface area contributed by atoms with Gasteiger partial charge in [-0.2, -0.15) is 0 Å². The second-order valence-corrected chi connectivity index (χ2v) is 9.33. The molecule has 0 aliphatic heterocycles. The summed E-state index contributed by atoms with van der Waals surface area (Å²) in [5.74, 6) is 0.373. The summed E-state index contributed by atoms with van der Waals surface area (Å²) in [5.41, 5.74) is 1.49. The molecular formula is C22H28N2O4S. The second-order valence-electron chi connectivity index (χ2n) is 7.47. The Morgan fingerprint density at radius 1 is 1.03 bits per heavy atom. The average molecular weight is 417 g/mol. The second kappa shape index (κ2) is 8.86. The molecule has 1 aliphatic carbocycles. The van der Waals surface area contributed by atoms with E-state index in [1.165, 1.54) is 23.5 Å². The van der Waals surface area contributed by atoms with Gasteiger partial charge in [0.2, 0.25) is 5.91 Å². The lowest BCUT2D eigenvalue weighted by Crippen LogP contribution is -2.44. The molecule has 0 unspecified atom stereocenters. The summed E-state index contributed by atoms with van der Waals surface area (Å²) in [5, 5.41) is 0. The van der Waals surface area contributed by atoms with Crippen LogP contribution in [-0.2, 0) is 14.8 Å². The molecule has 1 saturated carbocycles. The first kappa shape index (κ1) is 21.2. The van der Waals surface area contributed by atoms with Gasteiger partial charge in [0.1, 0.15) is 12.3 Å². The zero-order chi connectivity index (χ0) is 21.0. The average Bonchev–Trinajstić information content (AvgIpc) is 3.27. The molecule has 0 atom stereocenters. The zero-order valence-corrected chi connectivity index (χ0v) is 18.0. The fourth-order valence-electron chi connectivity index (χ4n) is 3.63. The smallest absolute Gasteiger partial charge is 0.264 e. The SMILES string of the molecule is COc1ccc(S(=O)(=O)N(CC(=O)N(C)C2CCCC2)c2ccc(C)cc2)cc1. The number of likely N-dealkylation sites (N-methyl/N-ethyl adjacent to an activating group) is 1. The Bertz CT molecular complexity index is 934. The molecule has 2 aromatic carbocycles. The summed E-state index contributed by atoms with van der Waals surface area (Å²) in [6.45, 7) is 1.70. The van der Waals surface area contributed by atoms with Crippen LogP contribution < -0.4 is 9.04 Å². The highest BCUT2D eigenvalue weighted by molar-refractivity contribution is 7.92. The Balaban J connectivity index is 1.93. The molecule has 1 amide bonds. The maximum Gasteiger partial charge on any atom is 0.264 e. The zero-order valence-electron chi connectivity index (χ0n) is 17.2. The standard InChI is InChI=1S/C22H28N2O4S/c1-17-8-10-19(11-9-17)24(16-22(25)23(2)18-6-4-5-7-18)29(26,27)21-14-12-20(28-3)13-15-21/h8-15,18H,4-7,16H2,1-3H3. The molecular weight excluding hydrogens is 388 g/mol. The summed E-state index contributed by atoms with van der Waals surface area (Å²) in [6, 6.07) is 13.6. The van der Waals surface area contributed by atoms with Gasteiger partial charge in [-0.25, -0.2) is 8.42 Å². The molecule has 0 aromatic heterocycles. The van der Waals surface area contributed by atoms with Gasteiger partial charge in [0.25, 0.3) is 10.0 Å². The Morgan fingerprint density at radius 2 is 1.62 bits per heavy atom. The number of benzene rings is 2. The van der Waals surface area contributed by atoms with E-state index in [4.69, 9.17) is 4.74 Å². The monoisotopic (exact) mass is 416 g/mol. The van der Waals surface area contributed by atoms with E-state index in [1.54, 1.807) is 36.2 Å². The molecule has 1 aliphatic rings. The highest BCUT2D eigenvalue weighted by Crippen LogP contribution is 2.27. The molecule has 29 heavy (non-hydrogen) atoms. The number of sulfonamides is 1. The van der Waals surface area contributed by atoms with Crippen LogP contribution in [0, 0.1) is 6.92 Å². The molecule has 7 heteroatoms. The Labute approximate surface area is 173 Å². The number of hydrogen-bond acceptors (Lipinski definition) is 4. The highest BCUT2D eigenvalue weighted by atomic mass is 32.2. The van der Waals surface area contributed by atoms with Gasteiger partial charge < -0.3 is 9.64 Å². The van der Waals surface area contributed by atoms with E-state index < -0.39 is 10.0 Å². The summed E-state index contributed by atoms with van der Waals surface area (Å²) in [6.07, 6.45) is 4.15. The maximum atomic E-state index is 13.4. The van der Waals surface area contributed by atoms with Crippen LogP contribution in [0.2, 0.25) is 0 Å². The molecule has 0 spiro atoms. The van der Waals surface area contributed by atoms with Crippen LogP contribution >= 0.6 is 0 Å². The van der Waals surface area contributed by atoms with E-state index in [0.717, 1.165) is 31.2 Å². The van der Waals surface area contributed by atoms with E-state index >= 15 is 0 Å². The third-order valence-corrected chi connectivity index (χ3v) is 7.30. The van der Waals surface area contributed by atoms with Crippen molar-refractivity contribution in [2.24, 2.45) is 0 Å². The lowest BCUT2D eigenvalue weighted by molar-refractivity contribution is -0.130. The number of hydrogen-bond donors (Lipinski definition) is 0. The van der Waals surface area contributed by atoms with Crippen LogP contribution in [0.25, 0.3) is 0 Å². The third kappa shape index (κ3) is 4.72. The minimum atomic E-state index is -3.91. The number of aryl methyl sites for hydroxylation is 1. The molecule has 0 N–H and O–H groups in total. The van der Waals surface area contributed by atoms with E-state index in [-0.39, 0.29) is 23.4 Å². The minimum Gasteiger partial charge on any atom is -0.497 e. The fraction of sp³-hybridized carbons (Fsp3) is 0.409. The summed E-state index contributed by atoms with van der Waals surface area (Å²) < 4.78 is 33.1. The first-order valence-electron chi connectivity index (χ1n) is 9.82. The molecule has 1 fully saturated rings. The fourth-order valence-corrected chi connectivity index (χ4v) is 5.04. The van der Waals surface area contributed by atoms with Crippen LogP contribution in [0.1, 0.15) is 31.2 Å². The minimum absolute atomic E-state index is 0.121. The van der Waals surface area contributed by atoms with Crippen molar-refractivity contribution in [2.75, 3.05) is 25.0 Å². The topological polar surface area (TPSA) is 66.9 Å². The Morgan fingerprint density at radius 3 is 2.17 bits per heavy atom. The molecule has 2 aromatic rings. The van der Waals surface area contributed by atoms with E-state index in [2.05, 4.69) is 0 Å². The maximum absolute atomic E-state index is 13.4. The van der Waals surface area contributed by atoms with E-state index in [1.807, 2.05) is 19.1 Å². The molecule has 156 valence electrons. The molecule has 3 rings (SSSR count). The number of anilines is 1. The van der Waals surface area contributed by atoms with Gasteiger partial charge in [-0.05, 0) is 56.2 Å². The number of carbonyl (C=O) groups is 1. The molecule has 0 saturated heterocycles. The lowest BCUT2D eigenvalue weighted by Gasteiger charge is -2.29. The van der Waals surface area contributed by atoms with Gasteiger partial charge in [-0.3, -0.25) is 9.10 Å². The van der Waals surface area contributed by atoms with Gasteiger partial charge in [-0.1, -0.05) is 30.5 Å². The van der Waals surface area contributed by atoms with Gasteiger partial charge in [0.05, 0.1) is 17.7 Å². The van der Waals surface area contributed by atoms with Crippen molar-refractivity contribution in [1.82, 2.24) is 4.90 Å². The molecule has 0 bridgehead atoms. The van der Waals surface area contributed by atoms with Crippen molar-refractivity contribution >= 4 is 21.6 Å². The third-order valence-electron chi connectivity index (χ3n) is 5.51. The summed E-state index contributed by atoms with van der Waals surface area (Å²) in [4.78, 5) is 14.8. The van der Waals surface area contributed by atoms with Crippen molar-refractivity contribution in [1.29, 1.82) is 0 Å². The van der Waals surface area contributed by atoms with Gasteiger partial charge in [0.15, 0.2) is 0 Å². The van der Waals surface area contributed by atoms with Gasteiger partial charge >= 0.3 is 0 Å². The lowest BCUT2D eigenvalue weighted by atomic mass is 10.2. The number of nitrogens with zero attached hydrogens (tertiary/aromatic N) is 2. The number of amides is 1. The summed E-state index contributed by atoms with van der Waals surface area (Å²) >= 11 is 0. The normalized spacial score (nSPS) is 14.6. The predicted octanol–water partition coefficient (Wildman–Crippen LogP) is 3.60. The van der Waals surface area contributed by atoms with Crippen LogP contribution in [0.5, 0.6) is 5.75 Å². The van der Waals surface area contributed by atoms with Crippen LogP contribution in [0.4, 0.5) is 5.69 Å². The summed E-state index contributed by atoms with van der Waals surface area (Å²) in [7, 11) is -0.617.